The molecule has 130 valence electrons. The molecular weight excluding hydrogens is 330 g/mol. The summed E-state index contributed by atoms with van der Waals surface area (Å²) in [5.74, 6) is 0.981. The molecule has 1 fully saturated rings. The van der Waals surface area contributed by atoms with Crippen LogP contribution >= 0.6 is 11.3 Å². The summed E-state index contributed by atoms with van der Waals surface area (Å²) >= 11 is 1.36. The Balaban J connectivity index is 1.50. The van der Waals surface area contributed by atoms with Crippen LogP contribution < -0.4 is 10.6 Å². The van der Waals surface area contributed by atoms with Crippen molar-refractivity contribution in [1.82, 2.24) is 20.4 Å². The van der Waals surface area contributed by atoms with Gasteiger partial charge in [-0.15, -0.1) is 0 Å². The van der Waals surface area contributed by atoms with Gasteiger partial charge in [0.1, 0.15) is 11.0 Å². The van der Waals surface area contributed by atoms with Crippen LogP contribution in [-0.2, 0) is 11.2 Å². The van der Waals surface area contributed by atoms with Crippen molar-refractivity contribution in [3.05, 3.63) is 22.3 Å². The van der Waals surface area contributed by atoms with E-state index in [9.17, 15) is 4.79 Å². The van der Waals surface area contributed by atoms with Gasteiger partial charge in [0.2, 0.25) is 0 Å². The zero-order chi connectivity index (χ0) is 16.9. The fourth-order valence-corrected chi connectivity index (χ4v) is 3.42. The third-order valence-electron chi connectivity index (χ3n) is 3.65. The van der Waals surface area contributed by atoms with Gasteiger partial charge in [0.15, 0.2) is 11.0 Å². The highest BCUT2D eigenvalue weighted by atomic mass is 32.1. The molecule has 9 heteroatoms. The number of anilines is 1. The maximum atomic E-state index is 12.2. The molecule has 0 unspecified atom stereocenters. The van der Waals surface area contributed by atoms with Crippen molar-refractivity contribution in [2.75, 3.05) is 25.0 Å². The van der Waals surface area contributed by atoms with Crippen molar-refractivity contribution in [1.29, 1.82) is 0 Å². The van der Waals surface area contributed by atoms with Gasteiger partial charge in [0.05, 0.1) is 5.69 Å². The highest BCUT2D eigenvalue weighted by Gasteiger charge is 2.23. The predicted molar refractivity (Wildman–Crippen MR) is 89.3 cm³/mol. The van der Waals surface area contributed by atoms with E-state index in [2.05, 4.69) is 25.8 Å². The quantitative estimate of drug-likeness (QED) is 0.787. The lowest BCUT2D eigenvalue weighted by Crippen LogP contribution is -2.25. The van der Waals surface area contributed by atoms with E-state index >= 15 is 0 Å². The van der Waals surface area contributed by atoms with Crippen molar-refractivity contribution < 1.29 is 14.1 Å². The minimum Gasteiger partial charge on any atom is -0.368 e. The smallest absolute Gasteiger partial charge is 0.263 e. The Labute approximate surface area is 144 Å². The zero-order valence-corrected chi connectivity index (χ0v) is 14.6. The van der Waals surface area contributed by atoms with Gasteiger partial charge in [-0.05, 0) is 26.7 Å². The van der Waals surface area contributed by atoms with Crippen LogP contribution in [0.1, 0.15) is 53.0 Å². The first-order valence-electron chi connectivity index (χ1n) is 8.11. The highest BCUT2D eigenvalue weighted by molar-refractivity contribution is 7.17. The number of aromatic nitrogens is 3. The molecule has 2 aromatic heterocycles. The van der Waals surface area contributed by atoms with E-state index in [1.165, 1.54) is 11.3 Å². The lowest BCUT2D eigenvalue weighted by atomic mass is 10.2. The van der Waals surface area contributed by atoms with Crippen molar-refractivity contribution in [2.24, 2.45) is 0 Å². The second kappa shape index (κ2) is 7.71. The Morgan fingerprint density at radius 2 is 2.29 bits per heavy atom. The molecule has 1 amide bonds. The van der Waals surface area contributed by atoms with E-state index in [0.29, 0.717) is 29.6 Å². The van der Waals surface area contributed by atoms with Crippen LogP contribution in [0.5, 0.6) is 0 Å². The van der Waals surface area contributed by atoms with Gasteiger partial charge in [-0.2, -0.15) is 4.98 Å². The van der Waals surface area contributed by atoms with Crippen LogP contribution in [0.15, 0.2) is 4.52 Å². The molecule has 3 heterocycles. The van der Waals surface area contributed by atoms with Gasteiger partial charge < -0.3 is 19.9 Å². The second-order valence-corrected chi connectivity index (χ2v) is 6.52. The zero-order valence-electron chi connectivity index (χ0n) is 13.8. The number of ether oxygens (including phenoxy) is 1. The van der Waals surface area contributed by atoms with Gasteiger partial charge in [-0.3, -0.25) is 4.79 Å². The molecule has 1 atom stereocenters. The lowest BCUT2D eigenvalue weighted by molar-refractivity contribution is 0.0835. The molecule has 1 aliphatic rings. The number of aryl methyl sites for hydroxylation is 1. The van der Waals surface area contributed by atoms with Gasteiger partial charge in [-0.1, -0.05) is 16.5 Å². The minimum atomic E-state index is -0.128. The summed E-state index contributed by atoms with van der Waals surface area (Å²) in [4.78, 5) is 21.5. The Kier molecular flexibility index (Phi) is 5.41. The number of rotatable bonds is 7. The number of carbonyl (C=O) groups is 1. The normalized spacial score (nSPS) is 17.2. The molecule has 0 spiro atoms. The number of thiazole rings is 1. The summed E-state index contributed by atoms with van der Waals surface area (Å²) < 4.78 is 10.7. The fourth-order valence-electron chi connectivity index (χ4n) is 2.47. The Morgan fingerprint density at radius 3 is 3.04 bits per heavy atom. The van der Waals surface area contributed by atoms with E-state index in [0.717, 1.165) is 36.8 Å². The average Bonchev–Trinajstić information content (AvgIpc) is 3.27. The van der Waals surface area contributed by atoms with E-state index in [1.54, 1.807) is 0 Å². The van der Waals surface area contributed by atoms with Gasteiger partial charge in [0.25, 0.3) is 11.8 Å². The van der Waals surface area contributed by atoms with Gasteiger partial charge in [-0.25, -0.2) is 4.98 Å². The molecule has 0 bridgehead atoms. The summed E-state index contributed by atoms with van der Waals surface area (Å²) in [5, 5.41) is 10.7. The van der Waals surface area contributed by atoms with Crippen LogP contribution in [0.3, 0.4) is 0 Å². The molecule has 2 N–H and O–H groups in total. The third-order valence-corrected chi connectivity index (χ3v) is 4.77. The van der Waals surface area contributed by atoms with Gasteiger partial charge in [0, 0.05) is 26.1 Å². The van der Waals surface area contributed by atoms with E-state index in [-0.39, 0.29) is 12.0 Å². The predicted octanol–water partition coefficient (Wildman–Crippen LogP) is 2.09. The largest absolute Gasteiger partial charge is 0.368 e. The molecule has 0 aliphatic carbocycles. The Hall–Kier alpha value is -2.00. The van der Waals surface area contributed by atoms with Crippen LogP contribution in [0, 0.1) is 6.92 Å². The van der Waals surface area contributed by atoms with Crippen molar-refractivity contribution >= 4 is 22.4 Å². The molecular formula is C15H21N5O3S. The average molecular weight is 351 g/mol. The van der Waals surface area contributed by atoms with E-state index in [1.807, 2.05) is 13.8 Å². The minimum absolute atomic E-state index is 0.0785. The summed E-state index contributed by atoms with van der Waals surface area (Å²) in [6.07, 6.45) is 2.36. The van der Waals surface area contributed by atoms with Crippen LogP contribution in [-0.4, -0.2) is 40.7 Å². The van der Waals surface area contributed by atoms with Crippen LogP contribution in [0.2, 0.25) is 0 Å². The van der Waals surface area contributed by atoms with E-state index in [4.69, 9.17) is 9.26 Å². The third kappa shape index (κ3) is 3.90. The maximum Gasteiger partial charge on any atom is 0.263 e. The number of nitrogens with zero attached hydrogens (tertiary/aromatic N) is 3. The van der Waals surface area contributed by atoms with E-state index < -0.39 is 0 Å². The fraction of sp³-hybridized carbons (Fsp3) is 0.600. The molecule has 8 nitrogen and oxygen atoms in total. The molecule has 1 aliphatic heterocycles. The van der Waals surface area contributed by atoms with Crippen molar-refractivity contribution in [3.8, 4) is 0 Å². The summed E-state index contributed by atoms with van der Waals surface area (Å²) in [6.45, 7) is 5.78. The molecule has 3 rings (SSSR count). The molecule has 2 aromatic rings. The Bertz CT molecular complexity index is 693. The first-order valence-corrected chi connectivity index (χ1v) is 8.92. The number of carbonyl (C=O) groups excluding carboxylic acids is 1. The number of hydrogen-bond acceptors (Lipinski definition) is 8. The first kappa shape index (κ1) is 16.8. The van der Waals surface area contributed by atoms with Crippen LogP contribution in [0.4, 0.5) is 5.13 Å². The first-order chi connectivity index (χ1) is 11.7. The standard InChI is InChI=1S/C15H21N5O3S/c1-3-16-15-18-9(2)12(24-15)13(21)17-7-6-11-19-14(23-20-11)10-5-4-8-22-10/h10H,3-8H2,1-2H3,(H,16,18)(H,17,21)/t10-/m0/s1. The topological polar surface area (TPSA) is 102 Å². The van der Waals surface area contributed by atoms with Gasteiger partial charge >= 0.3 is 0 Å². The SMILES string of the molecule is CCNc1nc(C)c(C(=O)NCCc2noc([C@@H]3CCCO3)n2)s1. The monoisotopic (exact) mass is 351 g/mol. The van der Waals surface area contributed by atoms with Crippen LogP contribution in [0.25, 0.3) is 0 Å². The number of amides is 1. The lowest BCUT2D eigenvalue weighted by Gasteiger charge is -2.02. The number of hydrogen-bond donors (Lipinski definition) is 2. The summed E-state index contributed by atoms with van der Waals surface area (Å²) in [6, 6.07) is 0. The highest BCUT2D eigenvalue weighted by Crippen LogP contribution is 2.27. The molecule has 0 saturated carbocycles. The second-order valence-electron chi connectivity index (χ2n) is 5.52. The van der Waals surface area contributed by atoms with Crippen molar-refractivity contribution in [2.45, 2.75) is 39.2 Å². The van der Waals surface area contributed by atoms with Crippen molar-refractivity contribution in [3.63, 3.8) is 0 Å². The maximum absolute atomic E-state index is 12.2. The Morgan fingerprint density at radius 1 is 1.42 bits per heavy atom. The number of nitrogens with one attached hydrogen (secondary N) is 2. The summed E-state index contributed by atoms with van der Waals surface area (Å²) in [5.41, 5.74) is 0.730. The summed E-state index contributed by atoms with van der Waals surface area (Å²) in [7, 11) is 0. The molecule has 1 saturated heterocycles. The molecule has 0 aromatic carbocycles. The molecule has 0 radical (unpaired) electrons. The molecule has 24 heavy (non-hydrogen) atoms.